The number of fused-ring (bicyclic) bond motifs is 3. The van der Waals surface area contributed by atoms with Gasteiger partial charge in [0.15, 0.2) is 5.65 Å². The van der Waals surface area contributed by atoms with Crippen LogP contribution in [-0.2, 0) is 11.3 Å². The van der Waals surface area contributed by atoms with Gasteiger partial charge in [0.1, 0.15) is 16.6 Å². The van der Waals surface area contributed by atoms with Crippen molar-refractivity contribution < 1.29 is 14.3 Å². The summed E-state index contributed by atoms with van der Waals surface area (Å²) in [5.41, 5.74) is 3.64. The molecule has 2 heterocycles. The molecule has 4 rings (SSSR count). The molecule has 0 saturated carbocycles. The Morgan fingerprint density at radius 2 is 2.04 bits per heavy atom. The second-order valence-corrected chi connectivity index (χ2v) is 7.87. The summed E-state index contributed by atoms with van der Waals surface area (Å²) in [6.07, 6.45) is 0. The van der Waals surface area contributed by atoms with E-state index in [4.69, 9.17) is 5.11 Å². The van der Waals surface area contributed by atoms with Crippen molar-refractivity contribution in [2.45, 2.75) is 30.8 Å². The number of carboxylic acid groups (broad SMARTS) is 1. The van der Waals surface area contributed by atoms with Crippen LogP contribution in [0.2, 0.25) is 0 Å². The largest absolute Gasteiger partial charge is 0.480 e. The molecular weight excluding hydrogens is 379 g/mol. The lowest BCUT2D eigenvalue weighted by molar-refractivity contribution is -0.136. The van der Waals surface area contributed by atoms with Gasteiger partial charge in [-0.2, -0.15) is 0 Å². The van der Waals surface area contributed by atoms with Crippen molar-refractivity contribution in [1.82, 2.24) is 19.7 Å². The minimum atomic E-state index is -0.948. The first kappa shape index (κ1) is 18.4. The summed E-state index contributed by atoms with van der Waals surface area (Å²) in [7, 11) is 0. The van der Waals surface area contributed by atoms with E-state index in [-0.39, 0.29) is 17.5 Å². The third-order valence-electron chi connectivity index (χ3n) is 4.52. The van der Waals surface area contributed by atoms with E-state index in [2.05, 4.69) is 15.2 Å². The number of hydrogen-bond acceptors (Lipinski definition) is 5. The molecule has 2 aromatic carbocycles. The fourth-order valence-electron chi connectivity index (χ4n) is 3.07. The van der Waals surface area contributed by atoms with Gasteiger partial charge in [0, 0.05) is 10.9 Å². The van der Waals surface area contributed by atoms with Crippen molar-refractivity contribution in [3.8, 4) is 0 Å². The Bertz CT molecular complexity index is 1210. The second kappa shape index (κ2) is 7.20. The van der Waals surface area contributed by atoms with Crippen LogP contribution in [0.1, 0.15) is 18.1 Å². The average molecular weight is 396 g/mol. The SMILES string of the molecule is Cc1ccc2c(c1)c1nnc(SC(C)C(=O)O)nc1n2Cc1ccccc1F. The third-order valence-corrected chi connectivity index (χ3v) is 5.46. The molecule has 1 unspecified atom stereocenters. The first-order chi connectivity index (χ1) is 13.4. The number of thioether (sulfide) groups is 1. The predicted molar refractivity (Wildman–Crippen MR) is 106 cm³/mol. The van der Waals surface area contributed by atoms with Gasteiger partial charge in [-0.25, -0.2) is 9.37 Å². The highest BCUT2D eigenvalue weighted by Gasteiger charge is 2.19. The molecule has 0 aliphatic rings. The number of carboxylic acids is 1. The highest BCUT2D eigenvalue weighted by molar-refractivity contribution is 8.00. The molecule has 0 aliphatic heterocycles. The Balaban J connectivity index is 1.91. The van der Waals surface area contributed by atoms with Crippen LogP contribution in [0, 0.1) is 12.7 Å². The summed E-state index contributed by atoms with van der Waals surface area (Å²) >= 11 is 1.03. The van der Waals surface area contributed by atoms with E-state index in [9.17, 15) is 9.18 Å². The molecule has 0 saturated heterocycles. The normalized spacial score (nSPS) is 12.5. The molecule has 1 atom stereocenters. The third kappa shape index (κ3) is 3.31. The fraction of sp³-hybridized carbons (Fsp3) is 0.200. The molecule has 6 nitrogen and oxygen atoms in total. The smallest absolute Gasteiger partial charge is 0.316 e. The van der Waals surface area contributed by atoms with Crippen molar-refractivity contribution in [1.29, 1.82) is 0 Å². The summed E-state index contributed by atoms with van der Waals surface area (Å²) < 4.78 is 16.2. The molecule has 4 aromatic rings. The summed E-state index contributed by atoms with van der Waals surface area (Å²) in [5, 5.41) is 18.0. The van der Waals surface area contributed by atoms with Gasteiger partial charge in [-0.05, 0) is 32.0 Å². The van der Waals surface area contributed by atoms with E-state index >= 15 is 0 Å². The van der Waals surface area contributed by atoms with Crippen LogP contribution >= 0.6 is 11.8 Å². The predicted octanol–water partition coefficient (Wildman–Crippen LogP) is 4.04. The van der Waals surface area contributed by atoms with Crippen molar-refractivity contribution in [3.05, 3.63) is 59.4 Å². The van der Waals surface area contributed by atoms with Gasteiger partial charge in [0.05, 0.1) is 12.1 Å². The van der Waals surface area contributed by atoms with E-state index in [1.54, 1.807) is 25.1 Å². The van der Waals surface area contributed by atoms with Crippen molar-refractivity contribution in [2.75, 3.05) is 0 Å². The molecule has 2 aromatic heterocycles. The van der Waals surface area contributed by atoms with Gasteiger partial charge in [-0.1, -0.05) is 41.6 Å². The minimum Gasteiger partial charge on any atom is -0.480 e. The molecule has 0 spiro atoms. The number of aliphatic carboxylic acids is 1. The Morgan fingerprint density at radius 3 is 2.79 bits per heavy atom. The average Bonchev–Trinajstić information content (AvgIpc) is 2.96. The highest BCUT2D eigenvalue weighted by atomic mass is 32.2. The second-order valence-electron chi connectivity index (χ2n) is 6.56. The number of hydrogen-bond donors (Lipinski definition) is 1. The zero-order valence-electron chi connectivity index (χ0n) is 15.3. The van der Waals surface area contributed by atoms with Gasteiger partial charge < -0.3 is 9.67 Å². The number of rotatable bonds is 5. The van der Waals surface area contributed by atoms with E-state index < -0.39 is 11.2 Å². The number of aryl methyl sites for hydroxylation is 1. The number of benzene rings is 2. The molecule has 0 fully saturated rings. The monoisotopic (exact) mass is 396 g/mol. The lowest BCUT2D eigenvalue weighted by Crippen LogP contribution is -2.12. The quantitative estimate of drug-likeness (QED) is 0.513. The zero-order valence-corrected chi connectivity index (χ0v) is 16.1. The molecule has 28 heavy (non-hydrogen) atoms. The summed E-state index contributed by atoms with van der Waals surface area (Å²) in [4.78, 5) is 15.7. The van der Waals surface area contributed by atoms with Gasteiger partial charge in [0.25, 0.3) is 0 Å². The van der Waals surface area contributed by atoms with Crippen LogP contribution in [0.4, 0.5) is 4.39 Å². The van der Waals surface area contributed by atoms with Gasteiger partial charge in [-0.3, -0.25) is 4.79 Å². The molecule has 1 N–H and O–H groups in total. The van der Waals surface area contributed by atoms with Crippen molar-refractivity contribution >= 4 is 39.8 Å². The number of halogens is 1. The van der Waals surface area contributed by atoms with Crippen LogP contribution in [0.5, 0.6) is 0 Å². The minimum absolute atomic E-state index is 0.275. The van der Waals surface area contributed by atoms with E-state index in [0.717, 1.165) is 28.2 Å². The van der Waals surface area contributed by atoms with Crippen LogP contribution in [0.3, 0.4) is 0 Å². The Kier molecular flexibility index (Phi) is 4.72. The maximum absolute atomic E-state index is 14.3. The topological polar surface area (TPSA) is 80.9 Å². The van der Waals surface area contributed by atoms with Crippen LogP contribution in [0.15, 0.2) is 47.6 Å². The lowest BCUT2D eigenvalue weighted by atomic mass is 10.1. The van der Waals surface area contributed by atoms with Gasteiger partial charge in [0.2, 0.25) is 5.16 Å². The maximum atomic E-state index is 14.3. The van der Waals surface area contributed by atoms with E-state index in [1.807, 2.05) is 29.7 Å². The summed E-state index contributed by atoms with van der Waals surface area (Å²) in [6, 6.07) is 12.5. The van der Waals surface area contributed by atoms with Crippen LogP contribution in [0.25, 0.3) is 22.1 Å². The van der Waals surface area contributed by atoms with Gasteiger partial charge in [-0.15, -0.1) is 10.2 Å². The summed E-state index contributed by atoms with van der Waals surface area (Å²) in [6.45, 7) is 3.84. The Hall–Kier alpha value is -3.00. The lowest BCUT2D eigenvalue weighted by Gasteiger charge is -2.09. The number of aromatic nitrogens is 4. The number of nitrogens with zero attached hydrogens (tertiary/aromatic N) is 4. The molecule has 0 aliphatic carbocycles. The molecule has 8 heteroatoms. The first-order valence-corrected chi connectivity index (χ1v) is 9.58. The van der Waals surface area contributed by atoms with Crippen molar-refractivity contribution in [3.63, 3.8) is 0 Å². The van der Waals surface area contributed by atoms with E-state index in [1.165, 1.54) is 6.07 Å². The molecule has 0 bridgehead atoms. The number of carbonyl (C=O) groups is 1. The highest BCUT2D eigenvalue weighted by Crippen LogP contribution is 2.30. The molecule has 0 radical (unpaired) electrons. The molecular formula is C20H17FN4O2S. The zero-order chi connectivity index (χ0) is 19.8. The van der Waals surface area contributed by atoms with E-state index in [0.29, 0.717) is 16.7 Å². The first-order valence-electron chi connectivity index (χ1n) is 8.70. The molecule has 142 valence electrons. The van der Waals surface area contributed by atoms with Crippen LogP contribution in [-0.4, -0.2) is 36.1 Å². The summed E-state index contributed by atoms with van der Waals surface area (Å²) in [5.74, 6) is -1.24. The Morgan fingerprint density at radius 1 is 1.25 bits per heavy atom. The fourth-order valence-corrected chi connectivity index (χ4v) is 3.71. The Labute approximate surface area is 164 Å². The molecule has 0 amide bonds. The van der Waals surface area contributed by atoms with Crippen molar-refractivity contribution in [2.24, 2.45) is 0 Å². The van der Waals surface area contributed by atoms with Crippen LogP contribution < -0.4 is 0 Å². The standard InChI is InChI=1S/C20H17FN4O2S/c1-11-7-8-16-14(9-11)17-18(22-20(24-23-17)28-12(2)19(26)27)25(16)10-13-5-3-4-6-15(13)21/h3-9,12H,10H2,1-2H3,(H,26,27). The maximum Gasteiger partial charge on any atom is 0.316 e. The van der Waals surface area contributed by atoms with Gasteiger partial charge >= 0.3 is 5.97 Å².